The van der Waals surface area contributed by atoms with E-state index in [-0.39, 0.29) is 30.3 Å². The number of aliphatic hydroxyl groups is 3. The molecule has 1 saturated heterocycles. The van der Waals surface area contributed by atoms with Gasteiger partial charge >= 0.3 is 5.97 Å². The van der Waals surface area contributed by atoms with E-state index in [0.29, 0.717) is 16.9 Å². The maximum atomic E-state index is 12.4. The Morgan fingerprint density at radius 1 is 1.06 bits per heavy atom. The smallest absolute Gasteiger partial charge is 0.302 e. The van der Waals surface area contributed by atoms with Crippen molar-refractivity contribution in [3.8, 4) is 17.2 Å². The van der Waals surface area contributed by atoms with E-state index in [4.69, 9.17) is 18.9 Å². The highest BCUT2D eigenvalue weighted by Crippen LogP contribution is 2.37. The summed E-state index contributed by atoms with van der Waals surface area (Å²) in [5.41, 5.74) is 1.11. The molecule has 1 fully saturated rings. The topological polar surface area (TPSA) is 152 Å². The molecule has 0 amide bonds. The van der Waals surface area contributed by atoms with Crippen LogP contribution in [0.3, 0.4) is 0 Å². The molecule has 2 aliphatic rings. The lowest BCUT2D eigenvalue weighted by atomic mass is 9.96. The minimum Gasteiger partial charge on any atom is -0.508 e. The first-order valence-corrected chi connectivity index (χ1v) is 10.4. The molecule has 2 aromatic rings. The minimum absolute atomic E-state index is 0.00343. The molecule has 0 saturated carbocycles. The Kier molecular flexibility index (Phi) is 6.52. The summed E-state index contributed by atoms with van der Waals surface area (Å²) >= 11 is 0. The lowest BCUT2D eigenvalue weighted by Crippen LogP contribution is -2.60. The number of phenols is 1. The van der Waals surface area contributed by atoms with Gasteiger partial charge in [0.05, 0.1) is 12.0 Å². The molecule has 0 aliphatic carbocycles. The zero-order valence-electron chi connectivity index (χ0n) is 17.7. The molecule has 0 aromatic heterocycles. The van der Waals surface area contributed by atoms with Crippen molar-refractivity contribution in [3.63, 3.8) is 0 Å². The van der Waals surface area contributed by atoms with Gasteiger partial charge < -0.3 is 39.4 Å². The molecule has 10 heteroatoms. The number of phenolic OH excluding ortho intramolecular Hbond substituents is 1. The molecule has 2 aliphatic heterocycles. The highest BCUT2D eigenvalue weighted by Gasteiger charge is 2.45. The number of fused-ring (bicyclic) bond motifs is 1. The van der Waals surface area contributed by atoms with Gasteiger partial charge in [-0.1, -0.05) is 12.1 Å². The number of esters is 1. The summed E-state index contributed by atoms with van der Waals surface area (Å²) < 4.78 is 21.8. The van der Waals surface area contributed by atoms with Gasteiger partial charge in [0, 0.05) is 13.0 Å². The quantitative estimate of drug-likeness (QED) is 0.473. The molecule has 6 atom stereocenters. The van der Waals surface area contributed by atoms with Gasteiger partial charge in [0.25, 0.3) is 0 Å². The van der Waals surface area contributed by atoms with E-state index in [1.165, 1.54) is 25.1 Å². The Morgan fingerprint density at radius 3 is 2.48 bits per heavy atom. The summed E-state index contributed by atoms with van der Waals surface area (Å²) in [7, 11) is 0. The highest BCUT2D eigenvalue weighted by atomic mass is 16.7. The monoisotopic (exact) mass is 460 g/mol. The van der Waals surface area contributed by atoms with Gasteiger partial charge in [-0.05, 0) is 29.8 Å². The SMILES string of the molecule is CC(=O)OCC1OC(Oc2ccc(C3CC(=O)c4ccc(O)cc4O3)cc2)C(O)C(O)C1O. The van der Waals surface area contributed by atoms with Gasteiger partial charge in [-0.25, -0.2) is 0 Å². The molecular formula is C23H24O10. The molecule has 0 bridgehead atoms. The Bertz CT molecular complexity index is 1020. The van der Waals surface area contributed by atoms with Gasteiger partial charge in [-0.15, -0.1) is 0 Å². The molecule has 4 rings (SSSR count). The van der Waals surface area contributed by atoms with Crippen molar-refractivity contribution in [2.24, 2.45) is 0 Å². The van der Waals surface area contributed by atoms with Crippen LogP contribution in [0.15, 0.2) is 42.5 Å². The minimum atomic E-state index is -1.57. The maximum Gasteiger partial charge on any atom is 0.302 e. The van der Waals surface area contributed by atoms with E-state index in [1.54, 1.807) is 24.3 Å². The standard InChI is InChI=1S/C23H24O10/c1-11(24)30-10-19-20(27)21(28)22(29)23(33-19)31-14-5-2-12(3-6-14)17-9-16(26)15-7-4-13(25)8-18(15)32-17/h2-8,17,19-23,25,27-29H,9-10H2,1H3. The van der Waals surface area contributed by atoms with Crippen molar-refractivity contribution in [3.05, 3.63) is 53.6 Å². The molecule has 2 aromatic carbocycles. The molecule has 33 heavy (non-hydrogen) atoms. The summed E-state index contributed by atoms with van der Waals surface area (Å²) in [6.45, 7) is 0.879. The fraction of sp³-hybridized carbons (Fsp3) is 0.391. The average Bonchev–Trinajstić information content (AvgIpc) is 2.78. The van der Waals surface area contributed by atoms with Crippen LogP contribution in [0.5, 0.6) is 17.2 Å². The van der Waals surface area contributed by atoms with Crippen LogP contribution in [0.1, 0.15) is 35.4 Å². The lowest BCUT2D eigenvalue weighted by Gasteiger charge is -2.39. The lowest BCUT2D eigenvalue weighted by molar-refractivity contribution is -0.278. The van der Waals surface area contributed by atoms with E-state index in [0.717, 1.165) is 0 Å². The van der Waals surface area contributed by atoms with Crippen LogP contribution in [0.2, 0.25) is 0 Å². The second-order valence-electron chi connectivity index (χ2n) is 7.92. The fourth-order valence-corrected chi connectivity index (χ4v) is 3.74. The van der Waals surface area contributed by atoms with Crippen LogP contribution < -0.4 is 9.47 Å². The summed E-state index contributed by atoms with van der Waals surface area (Å²) in [5, 5.41) is 40.0. The Hall–Kier alpha value is -3.18. The van der Waals surface area contributed by atoms with E-state index >= 15 is 0 Å². The number of hydrogen-bond donors (Lipinski definition) is 4. The molecule has 0 spiro atoms. The van der Waals surface area contributed by atoms with Crippen LogP contribution in [0, 0.1) is 0 Å². The van der Waals surface area contributed by atoms with Crippen LogP contribution in [0.4, 0.5) is 0 Å². The second kappa shape index (κ2) is 9.36. The van der Waals surface area contributed by atoms with E-state index in [2.05, 4.69) is 0 Å². The fourth-order valence-electron chi connectivity index (χ4n) is 3.74. The Morgan fingerprint density at radius 2 is 1.79 bits per heavy atom. The summed E-state index contributed by atoms with van der Waals surface area (Å²) in [6, 6.07) is 10.9. The number of hydrogen-bond acceptors (Lipinski definition) is 10. The molecule has 0 radical (unpaired) electrons. The molecule has 4 N–H and O–H groups in total. The van der Waals surface area contributed by atoms with Crippen molar-refractivity contribution in [1.29, 1.82) is 0 Å². The van der Waals surface area contributed by atoms with Gasteiger partial charge in [0.2, 0.25) is 6.29 Å². The predicted molar refractivity (Wildman–Crippen MR) is 111 cm³/mol. The summed E-state index contributed by atoms with van der Waals surface area (Å²) in [6.07, 6.45) is -7.41. The summed E-state index contributed by atoms with van der Waals surface area (Å²) in [4.78, 5) is 23.5. The van der Waals surface area contributed by atoms with Crippen molar-refractivity contribution >= 4 is 11.8 Å². The van der Waals surface area contributed by atoms with Gasteiger partial charge in [-0.3, -0.25) is 9.59 Å². The van der Waals surface area contributed by atoms with Crippen LogP contribution in [-0.2, 0) is 14.3 Å². The number of aliphatic hydroxyl groups excluding tert-OH is 3. The zero-order chi connectivity index (χ0) is 23.7. The first-order chi connectivity index (χ1) is 15.7. The van der Waals surface area contributed by atoms with Gasteiger partial charge in [0.15, 0.2) is 5.78 Å². The molecule has 10 nitrogen and oxygen atoms in total. The number of Topliss-reactive ketones (excluding diaryl/α,β-unsaturated/α-hetero) is 1. The number of ketones is 1. The van der Waals surface area contributed by atoms with Gasteiger partial charge in [-0.2, -0.15) is 0 Å². The number of ether oxygens (including phenoxy) is 4. The van der Waals surface area contributed by atoms with E-state index < -0.39 is 42.8 Å². The summed E-state index contributed by atoms with van der Waals surface area (Å²) in [5.74, 6) is -0.0943. The number of benzene rings is 2. The largest absolute Gasteiger partial charge is 0.508 e. The van der Waals surface area contributed by atoms with Crippen LogP contribution in [0.25, 0.3) is 0 Å². The number of carbonyl (C=O) groups excluding carboxylic acids is 2. The molecule has 176 valence electrons. The van der Waals surface area contributed by atoms with E-state index in [9.17, 15) is 30.0 Å². The third-order valence-corrected chi connectivity index (χ3v) is 5.53. The second-order valence-corrected chi connectivity index (χ2v) is 7.92. The Balaban J connectivity index is 1.44. The van der Waals surface area contributed by atoms with Crippen molar-refractivity contribution in [2.75, 3.05) is 6.61 Å². The number of aromatic hydroxyl groups is 1. The Labute approximate surface area is 188 Å². The first kappa shape index (κ1) is 23.0. The normalized spacial score (nSPS) is 29.0. The van der Waals surface area contributed by atoms with E-state index in [1.807, 2.05) is 0 Å². The maximum absolute atomic E-state index is 12.4. The third kappa shape index (κ3) is 4.93. The van der Waals surface area contributed by atoms with Gasteiger partial charge in [0.1, 0.15) is 54.4 Å². The predicted octanol–water partition coefficient (Wildman–Crippen LogP) is 0.848. The van der Waals surface area contributed by atoms with Crippen LogP contribution >= 0.6 is 0 Å². The number of rotatable bonds is 5. The molecule has 6 unspecified atom stereocenters. The third-order valence-electron chi connectivity index (χ3n) is 5.53. The van der Waals surface area contributed by atoms with Crippen molar-refractivity contribution in [2.45, 2.75) is 50.2 Å². The zero-order valence-corrected chi connectivity index (χ0v) is 17.7. The molecular weight excluding hydrogens is 436 g/mol. The van der Waals surface area contributed by atoms with Crippen LogP contribution in [-0.4, -0.2) is 69.5 Å². The van der Waals surface area contributed by atoms with Crippen molar-refractivity contribution < 1.29 is 49.0 Å². The average molecular weight is 460 g/mol. The molecule has 2 heterocycles. The van der Waals surface area contributed by atoms with Crippen molar-refractivity contribution in [1.82, 2.24) is 0 Å². The first-order valence-electron chi connectivity index (χ1n) is 10.4. The highest BCUT2D eigenvalue weighted by molar-refractivity contribution is 6.00. The number of carbonyl (C=O) groups is 2.